The molecule has 14 heavy (non-hydrogen) atoms. The predicted octanol–water partition coefficient (Wildman–Crippen LogP) is 2.22. The van der Waals surface area contributed by atoms with Crippen LogP contribution in [0.25, 0.3) is 0 Å². The van der Waals surface area contributed by atoms with Gasteiger partial charge in [-0.1, -0.05) is 6.92 Å². The molecule has 3 nitrogen and oxygen atoms in total. The van der Waals surface area contributed by atoms with Gasteiger partial charge in [0.15, 0.2) is 0 Å². The van der Waals surface area contributed by atoms with Crippen molar-refractivity contribution in [1.29, 1.82) is 0 Å². The molecule has 1 aromatic heterocycles. The molecule has 1 saturated carbocycles. The summed E-state index contributed by atoms with van der Waals surface area (Å²) in [6.45, 7) is 4.48. The van der Waals surface area contributed by atoms with E-state index >= 15 is 0 Å². The quantitative estimate of drug-likeness (QED) is 0.798. The smallest absolute Gasteiger partial charge is 0.0715 e. The van der Waals surface area contributed by atoms with E-state index in [1.165, 1.54) is 18.5 Å². The number of hydrogen-bond donors (Lipinski definition) is 1. The monoisotopic (exact) mass is 194 g/mol. The van der Waals surface area contributed by atoms with Crippen molar-refractivity contribution in [3.63, 3.8) is 0 Å². The minimum atomic E-state index is 0.127. The third-order valence-electron chi connectivity index (χ3n) is 3.06. The Morgan fingerprint density at radius 2 is 2.36 bits per heavy atom. The van der Waals surface area contributed by atoms with Gasteiger partial charge in [-0.3, -0.25) is 4.68 Å². The van der Waals surface area contributed by atoms with Crippen LogP contribution in [-0.2, 0) is 6.61 Å². The lowest BCUT2D eigenvalue weighted by Gasteiger charge is -2.14. The van der Waals surface area contributed by atoms with E-state index in [2.05, 4.69) is 23.6 Å². The van der Waals surface area contributed by atoms with E-state index in [-0.39, 0.29) is 6.61 Å². The van der Waals surface area contributed by atoms with Crippen LogP contribution < -0.4 is 0 Å². The molecule has 0 bridgehead atoms. The lowest BCUT2D eigenvalue weighted by molar-refractivity contribution is 0.280. The Hall–Kier alpha value is -0.830. The van der Waals surface area contributed by atoms with Crippen molar-refractivity contribution in [3.8, 4) is 0 Å². The van der Waals surface area contributed by atoms with Crippen molar-refractivity contribution in [1.82, 2.24) is 9.78 Å². The second-order valence-corrected chi connectivity index (χ2v) is 4.19. The van der Waals surface area contributed by atoms with E-state index in [0.717, 1.165) is 12.0 Å². The second kappa shape index (κ2) is 3.73. The Morgan fingerprint density at radius 3 is 2.86 bits per heavy atom. The number of aliphatic hydroxyl groups is 1. The molecule has 1 aromatic rings. The predicted molar refractivity (Wildman–Crippen MR) is 55.1 cm³/mol. The van der Waals surface area contributed by atoms with Crippen LogP contribution in [0.3, 0.4) is 0 Å². The fourth-order valence-corrected chi connectivity index (χ4v) is 1.86. The highest BCUT2D eigenvalue weighted by molar-refractivity contribution is 5.25. The Labute approximate surface area is 84.7 Å². The molecular weight excluding hydrogens is 176 g/mol. The molecule has 1 fully saturated rings. The molecule has 78 valence electrons. The van der Waals surface area contributed by atoms with Gasteiger partial charge in [-0.25, -0.2) is 0 Å². The highest BCUT2D eigenvalue weighted by atomic mass is 16.3. The molecule has 0 spiro atoms. The Kier molecular flexibility index (Phi) is 2.59. The van der Waals surface area contributed by atoms with E-state index in [0.29, 0.717) is 12.0 Å². The summed E-state index contributed by atoms with van der Waals surface area (Å²) in [5.41, 5.74) is 2.30. The van der Waals surface area contributed by atoms with Crippen molar-refractivity contribution in [2.75, 3.05) is 0 Å². The zero-order chi connectivity index (χ0) is 10.1. The second-order valence-electron chi connectivity index (χ2n) is 4.19. The summed E-state index contributed by atoms with van der Waals surface area (Å²) in [6, 6.07) is 0.450. The standard InChI is InChI=1S/C11H18N2O/c1-3-8(2)13-11(9-4-5-9)10(7-14)6-12-13/h6,8-9,14H,3-5,7H2,1-2H3. The molecule has 2 rings (SSSR count). The molecular formula is C11H18N2O. The van der Waals surface area contributed by atoms with Gasteiger partial charge < -0.3 is 5.11 Å². The van der Waals surface area contributed by atoms with Crippen LogP contribution in [0.15, 0.2) is 6.20 Å². The summed E-state index contributed by atoms with van der Waals surface area (Å²) in [5, 5.41) is 13.6. The van der Waals surface area contributed by atoms with Crippen molar-refractivity contribution in [2.45, 2.75) is 51.7 Å². The fourth-order valence-electron chi connectivity index (χ4n) is 1.86. The van der Waals surface area contributed by atoms with Gasteiger partial charge in [0.25, 0.3) is 0 Å². The van der Waals surface area contributed by atoms with Gasteiger partial charge in [-0.15, -0.1) is 0 Å². The maximum absolute atomic E-state index is 9.21. The molecule has 0 amide bonds. The minimum Gasteiger partial charge on any atom is -0.392 e. The molecule has 3 heteroatoms. The fraction of sp³-hybridized carbons (Fsp3) is 0.727. The number of aromatic nitrogens is 2. The van der Waals surface area contributed by atoms with Crippen LogP contribution in [0.4, 0.5) is 0 Å². The number of aliphatic hydroxyl groups excluding tert-OH is 1. The third kappa shape index (κ3) is 1.57. The molecule has 1 heterocycles. The average Bonchev–Trinajstić information content (AvgIpc) is 2.96. The van der Waals surface area contributed by atoms with E-state index in [1.54, 1.807) is 0 Å². The molecule has 1 unspecified atom stereocenters. The van der Waals surface area contributed by atoms with Gasteiger partial charge in [-0.2, -0.15) is 5.10 Å². The first-order valence-electron chi connectivity index (χ1n) is 5.45. The Balaban J connectivity index is 2.33. The zero-order valence-corrected chi connectivity index (χ0v) is 8.90. The summed E-state index contributed by atoms with van der Waals surface area (Å²) >= 11 is 0. The van der Waals surface area contributed by atoms with Crippen molar-refractivity contribution >= 4 is 0 Å². The van der Waals surface area contributed by atoms with E-state index in [4.69, 9.17) is 0 Å². The summed E-state index contributed by atoms with van der Waals surface area (Å²) in [6.07, 6.45) is 5.43. The van der Waals surface area contributed by atoms with Crippen LogP contribution in [0.1, 0.15) is 56.3 Å². The zero-order valence-electron chi connectivity index (χ0n) is 8.90. The summed E-state index contributed by atoms with van der Waals surface area (Å²) in [4.78, 5) is 0. The first kappa shape index (κ1) is 9.71. The van der Waals surface area contributed by atoms with Crippen LogP contribution >= 0.6 is 0 Å². The maximum atomic E-state index is 9.21. The molecule has 1 aliphatic carbocycles. The van der Waals surface area contributed by atoms with Crippen molar-refractivity contribution in [3.05, 3.63) is 17.5 Å². The molecule has 1 aliphatic rings. The highest BCUT2D eigenvalue weighted by Crippen LogP contribution is 2.42. The molecule has 0 radical (unpaired) electrons. The lowest BCUT2D eigenvalue weighted by Crippen LogP contribution is -2.09. The third-order valence-corrected chi connectivity index (χ3v) is 3.06. The van der Waals surface area contributed by atoms with E-state index in [9.17, 15) is 5.11 Å². The van der Waals surface area contributed by atoms with E-state index < -0.39 is 0 Å². The van der Waals surface area contributed by atoms with Crippen molar-refractivity contribution < 1.29 is 5.11 Å². The molecule has 0 saturated heterocycles. The molecule has 0 aromatic carbocycles. The van der Waals surface area contributed by atoms with Crippen LogP contribution in [0.2, 0.25) is 0 Å². The molecule has 0 aliphatic heterocycles. The van der Waals surface area contributed by atoms with E-state index in [1.807, 2.05) is 6.20 Å². The van der Waals surface area contributed by atoms with Gasteiger partial charge in [0.2, 0.25) is 0 Å². The Morgan fingerprint density at radius 1 is 1.64 bits per heavy atom. The van der Waals surface area contributed by atoms with Gasteiger partial charge in [-0.05, 0) is 26.2 Å². The SMILES string of the molecule is CCC(C)n1ncc(CO)c1C1CC1. The first-order chi connectivity index (χ1) is 6.77. The number of rotatable bonds is 4. The van der Waals surface area contributed by atoms with Crippen molar-refractivity contribution in [2.24, 2.45) is 0 Å². The lowest BCUT2D eigenvalue weighted by atomic mass is 10.1. The minimum absolute atomic E-state index is 0.127. The topological polar surface area (TPSA) is 38.0 Å². The van der Waals surface area contributed by atoms with Gasteiger partial charge >= 0.3 is 0 Å². The molecule has 1 atom stereocenters. The Bertz CT molecular complexity index is 315. The largest absolute Gasteiger partial charge is 0.392 e. The normalized spacial score (nSPS) is 18.5. The number of hydrogen-bond acceptors (Lipinski definition) is 2. The van der Waals surface area contributed by atoms with Crippen LogP contribution in [0, 0.1) is 0 Å². The van der Waals surface area contributed by atoms with Crippen LogP contribution in [-0.4, -0.2) is 14.9 Å². The average molecular weight is 194 g/mol. The highest BCUT2D eigenvalue weighted by Gasteiger charge is 2.30. The van der Waals surface area contributed by atoms with Gasteiger partial charge in [0.1, 0.15) is 0 Å². The summed E-state index contributed by atoms with van der Waals surface area (Å²) in [7, 11) is 0. The summed E-state index contributed by atoms with van der Waals surface area (Å²) < 4.78 is 2.10. The number of nitrogens with zero attached hydrogens (tertiary/aromatic N) is 2. The first-order valence-corrected chi connectivity index (χ1v) is 5.45. The van der Waals surface area contributed by atoms with Crippen LogP contribution in [0.5, 0.6) is 0 Å². The van der Waals surface area contributed by atoms with Gasteiger partial charge in [0, 0.05) is 23.2 Å². The maximum Gasteiger partial charge on any atom is 0.0715 e. The summed E-state index contributed by atoms with van der Waals surface area (Å²) in [5.74, 6) is 0.661. The van der Waals surface area contributed by atoms with Gasteiger partial charge in [0.05, 0.1) is 12.8 Å². The molecule has 1 N–H and O–H groups in total.